The van der Waals surface area contributed by atoms with Gasteiger partial charge in [0, 0.05) is 18.5 Å². The molecule has 1 aliphatic rings. The van der Waals surface area contributed by atoms with Gasteiger partial charge in [0.1, 0.15) is 0 Å². The number of hydrogen-bond donors (Lipinski definition) is 3. The molecule has 1 saturated carbocycles. The highest BCUT2D eigenvalue weighted by molar-refractivity contribution is 5.76. The molecule has 1 amide bonds. The zero-order valence-electron chi connectivity index (χ0n) is 9.62. The third-order valence-corrected chi connectivity index (χ3v) is 2.95. The van der Waals surface area contributed by atoms with Crippen molar-refractivity contribution in [2.75, 3.05) is 6.54 Å². The van der Waals surface area contributed by atoms with Crippen LogP contribution in [-0.2, 0) is 4.79 Å². The summed E-state index contributed by atoms with van der Waals surface area (Å²) in [4.78, 5) is 10.9. The van der Waals surface area contributed by atoms with Crippen LogP contribution in [-0.4, -0.2) is 29.2 Å². The molecule has 0 radical (unpaired) electrons. The molecule has 0 aromatic heterocycles. The molecule has 4 heteroatoms. The Morgan fingerprint density at radius 2 is 1.93 bits per heavy atom. The summed E-state index contributed by atoms with van der Waals surface area (Å²) in [5, 5.41) is 12.9. The van der Waals surface area contributed by atoms with E-state index in [2.05, 4.69) is 5.32 Å². The van der Waals surface area contributed by atoms with Crippen molar-refractivity contribution in [2.45, 2.75) is 51.2 Å². The van der Waals surface area contributed by atoms with E-state index < -0.39 is 5.60 Å². The highest BCUT2D eigenvalue weighted by Gasteiger charge is 2.25. The predicted molar refractivity (Wildman–Crippen MR) is 59.2 cm³/mol. The lowest BCUT2D eigenvalue weighted by molar-refractivity contribution is -0.122. The molecule has 0 aromatic rings. The molecule has 0 aliphatic heterocycles. The first-order valence-corrected chi connectivity index (χ1v) is 5.63. The van der Waals surface area contributed by atoms with Gasteiger partial charge in [-0.05, 0) is 39.5 Å². The minimum atomic E-state index is -0.666. The molecular formula is C11H22N2O2. The molecule has 4 nitrogen and oxygen atoms in total. The number of hydrogen-bond acceptors (Lipinski definition) is 3. The molecule has 0 spiro atoms. The van der Waals surface area contributed by atoms with Gasteiger partial charge in [-0.25, -0.2) is 0 Å². The Balaban J connectivity index is 2.23. The Morgan fingerprint density at radius 1 is 1.40 bits per heavy atom. The molecule has 0 aromatic carbocycles. The minimum absolute atomic E-state index is 0.0604. The lowest BCUT2D eigenvalue weighted by atomic mass is 9.85. The molecule has 0 bridgehead atoms. The smallest absolute Gasteiger partial charge is 0.220 e. The number of rotatable bonds is 4. The molecule has 15 heavy (non-hydrogen) atoms. The summed E-state index contributed by atoms with van der Waals surface area (Å²) in [6.07, 6.45) is 3.70. The monoisotopic (exact) mass is 214 g/mol. The summed E-state index contributed by atoms with van der Waals surface area (Å²) in [5.74, 6) is -0.110. The summed E-state index contributed by atoms with van der Waals surface area (Å²) in [7, 11) is 0. The summed E-state index contributed by atoms with van der Waals surface area (Å²) in [5.41, 5.74) is 4.59. The third-order valence-electron chi connectivity index (χ3n) is 2.95. The minimum Gasteiger partial charge on any atom is -0.389 e. The Bertz CT molecular complexity index is 215. The van der Waals surface area contributed by atoms with Crippen LogP contribution in [0.15, 0.2) is 0 Å². The molecular weight excluding hydrogens is 192 g/mol. The molecule has 0 saturated heterocycles. The first-order chi connectivity index (χ1) is 6.88. The lowest BCUT2D eigenvalue weighted by Crippen LogP contribution is -2.43. The first kappa shape index (κ1) is 12.5. The molecule has 4 N–H and O–H groups in total. The fraction of sp³-hybridized carbons (Fsp3) is 0.909. The van der Waals surface area contributed by atoms with Crippen molar-refractivity contribution < 1.29 is 9.90 Å². The van der Waals surface area contributed by atoms with E-state index in [4.69, 9.17) is 5.73 Å². The van der Waals surface area contributed by atoms with Crippen LogP contribution in [0.5, 0.6) is 0 Å². The van der Waals surface area contributed by atoms with E-state index in [1.54, 1.807) is 13.8 Å². The molecule has 1 rings (SSSR count). The topological polar surface area (TPSA) is 75.3 Å². The maximum atomic E-state index is 10.9. The first-order valence-electron chi connectivity index (χ1n) is 5.63. The van der Waals surface area contributed by atoms with Crippen LogP contribution in [0.3, 0.4) is 0 Å². The van der Waals surface area contributed by atoms with E-state index >= 15 is 0 Å². The van der Waals surface area contributed by atoms with Crippen molar-refractivity contribution >= 4 is 5.91 Å². The number of carbonyl (C=O) groups excluding carboxylic acids is 1. The fourth-order valence-corrected chi connectivity index (χ4v) is 1.98. The van der Waals surface area contributed by atoms with Crippen LogP contribution in [0.25, 0.3) is 0 Å². The Morgan fingerprint density at radius 3 is 2.33 bits per heavy atom. The number of nitrogens with one attached hydrogen (secondary N) is 1. The van der Waals surface area contributed by atoms with Crippen molar-refractivity contribution in [3.63, 3.8) is 0 Å². The Labute approximate surface area is 91.2 Å². The Kier molecular flexibility index (Phi) is 4.11. The van der Waals surface area contributed by atoms with E-state index in [1.165, 1.54) is 0 Å². The molecule has 0 atom stereocenters. The summed E-state index contributed by atoms with van der Waals surface area (Å²) in [6.45, 7) is 4.17. The van der Waals surface area contributed by atoms with Gasteiger partial charge in [-0.3, -0.25) is 4.79 Å². The van der Waals surface area contributed by atoms with E-state index in [-0.39, 0.29) is 11.8 Å². The van der Waals surface area contributed by atoms with Crippen molar-refractivity contribution in [2.24, 2.45) is 11.7 Å². The standard InChI is InChI=1S/C11H22N2O2/c1-11(2,15)7-13-9-5-3-8(4-6-9)10(12)14/h8-9,13,15H,3-7H2,1-2H3,(H2,12,14). The fourth-order valence-electron chi connectivity index (χ4n) is 1.98. The molecule has 1 aliphatic carbocycles. The van der Waals surface area contributed by atoms with Gasteiger partial charge in [0.05, 0.1) is 5.60 Å². The van der Waals surface area contributed by atoms with Crippen molar-refractivity contribution in [1.82, 2.24) is 5.32 Å². The predicted octanol–water partition coefficient (Wildman–Crippen LogP) is 0.391. The van der Waals surface area contributed by atoms with Gasteiger partial charge in [0.25, 0.3) is 0 Å². The molecule has 88 valence electrons. The average molecular weight is 214 g/mol. The van der Waals surface area contributed by atoms with Crippen LogP contribution in [0.1, 0.15) is 39.5 Å². The number of aliphatic hydroxyl groups is 1. The number of carbonyl (C=O) groups is 1. The van der Waals surface area contributed by atoms with Gasteiger partial charge >= 0.3 is 0 Å². The van der Waals surface area contributed by atoms with Crippen molar-refractivity contribution in [3.05, 3.63) is 0 Å². The average Bonchev–Trinajstić information content (AvgIpc) is 2.14. The highest BCUT2D eigenvalue weighted by Crippen LogP contribution is 2.24. The third kappa shape index (κ3) is 4.62. The maximum absolute atomic E-state index is 10.9. The van der Waals surface area contributed by atoms with E-state index in [9.17, 15) is 9.90 Å². The number of nitrogens with two attached hydrogens (primary N) is 1. The second-order valence-corrected chi connectivity index (χ2v) is 5.14. The molecule has 0 unspecified atom stereocenters. The van der Waals surface area contributed by atoms with Crippen molar-refractivity contribution in [1.29, 1.82) is 0 Å². The van der Waals surface area contributed by atoms with Crippen molar-refractivity contribution in [3.8, 4) is 0 Å². The Hall–Kier alpha value is -0.610. The van der Waals surface area contributed by atoms with Crippen LogP contribution in [0.4, 0.5) is 0 Å². The summed E-state index contributed by atoms with van der Waals surface area (Å²) < 4.78 is 0. The SMILES string of the molecule is CC(C)(O)CNC1CCC(C(N)=O)CC1. The van der Waals surface area contributed by atoms with E-state index in [0.29, 0.717) is 12.6 Å². The second-order valence-electron chi connectivity index (χ2n) is 5.14. The highest BCUT2D eigenvalue weighted by atomic mass is 16.3. The van der Waals surface area contributed by atoms with Gasteiger partial charge in [-0.2, -0.15) is 0 Å². The largest absolute Gasteiger partial charge is 0.389 e. The van der Waals surface area contributed by atoms with E-state index in [1.807, 2.05) is 0 Å². The van der Waals surface area contributed by atoms with E-state index in [0.717, 1.165) is 25.7 Å². The number of primary amides is 1. The van der Waals surface area contributed by atoms with Crippen LogP contribution < -0.4 is 11.1 Å². The molecule has 1 fully saturated rings. The number of amides is 1. The van der Waals surface area contributed by atoms with Gasteiger partial charge in [0.15, 0.2) is 0 Å². The normalized spacial score (nSPS) is 27.7. The molecule has 0 heterocycles. The summed E-state index contributed by atoms with van der Waals surface area (Å²) >= 11 is 0. The van der Waals surface area contributed by atoms with Gasteiger partial charge in [-0.1, -0.05) is 0 Å². The second kappa shape index (κ2) is 4.94. The lowest BCUT2D eigenvalue weighted by Gasteiger charge is -2.29. The van der Waals surface area contributed by atoms with Crippen LogP contribution in [0, 0.1) is 5.92 Å². The zero-order chi connectivity index (χ0) is 11.5. The van der Waals surface area contributed by atoms with Gasteiger partial charge in [0.2, 0.25) is 5.91 Å². The van der Waals surface area contributed by atoms with Crippen LogP contribution in [0.2, 0.25) is 0 Å². The quantitative estimate of drug-likeness (QED) is 0.633. The maximum Gasteiger partial charge on any atom is 0.220 e. The summed E-state index contributed by atoms with van der Waals surface area (Å²) in [6, 6.07) is 0.423. The zero-order valence-corrected chi connectivity index (χ0v) is 9.62. The van der Waals surface area contributed by atoms with Crippen LogP contribution >= 0.6 is 0 Å². The van der Waals surface area contributed by atoms with Gasteiger partial charge in [-0.15, -0.1) is 0 Å². The van der Waals surface area contributed by atoms with Gasteiger partial charge < -0.3 is 16.2 Å².